The van der Waals surface area contributed by atoms with E-state index in [1.54, 1.807) is 0 Å². The Morgan fingerprint density at radius 1 is 1.19 bits per heavy atom. The van der Waals surface area contributed by atoms with Crippen molar-refractivity contribution in [1.82, 2.24) is 0 Å². The normalized spacial score (nSPS) is 16.7. The number of halogens is 1. The first kappa shape index (κ1) is 14.1. The van der Waals surface area contributed by atoms with Crippen molar-refractivity contribution in [2.75, 3.05) is 11.9 Å². The molecule has 0 aliphatic carbocycles. The summed E-state index contributed by atoms with van der Waals surface area (Å²) in [6.07, 6.45) is 0.711. The van der Waals surface area contributed by atoms with Crippen molar-refractivity contribution in [3.63, 3.8) is 0 Å². The Kier molecular flexibility index (Phi) is 4.25. The molecule has 2 aromatic rings. The van der Waals surface area contributed by atoms with Crippen molar-refractivity contribution >= 4 is 27.5 Å². The zero-order valence-corrected chi connectivity index (χ0v) is 13.1. The van der Waals surface area contributed by atoms with Crippen molar-refractivity contribution in [1.29, 1.82) is 0 Å². The maximum atomic E-state index is 12.5. The molecule has 1 heterocycles. The largest absolute Gasteiger partial charge is 0.493 e. The number of amides is 1. The molecule has 1 aliphatic rings. The standard InChI is InChI=1S/C17H16BrNO2/c18-11-12-5-7-13(8-6-12)19-17(20)15-9-10-21-16-4-2-1-3-14(15)16/h1-8,15H,9-11H2,(H,19,20). The fourth-order valence-electron chi connectivity index (χ4n) is 2.52. The van der Waals surface area contributed by atoms with E-state index >= 15 is 0 Å². The van der Waals surface area contributed by atoms with Gasteiger partial charge < -0.3 is 10.1 Å². The highest BCUT2D eigenvalue weighted by Crippen LogP contribution is 2.34. The highest BCUT2D eigenvalue weighted by atomic mass is 79.9. The van der Waals surface area contributed by atoms with E-state index in [2.05, 4.69) is 21.2 Å². The quantitative estimate of drug-likeness (QED) is 0.851. The average Bonchev–Trinajstić information content (AvgIpc) is 2.55. The number of anilines is 1. The minimum Gasteiger partial charge on any atom is -0.493 e. The third-order valence-corrected chi connectivity index (χ3v) is 4.30. The molecule has 0 aromatic heterocycles. The molecular formula is C17H16BrNO2. The van der Waals surface area contributed by atoms with E-state index in [9.17, 15) is 4.79 Å². The Morgan fingerprint density at radius 2 is 1.95 bits per heavy atom. The highest BCUT2D eigenvalue weighted by Gasteiger charge is 2.27. The van der Waals surface area contributed by atoms with Gasteiger partial charge in [0.25, 0.3) is 0 Å². The number of fused-ring (bicyclic) bond motifs is 1. The number of para-hydroxylation sites is 1. The van der Waals surface area contributed by atoms with Gasteiger partial charge in [0.15, 0.2) is 0 Å². The molecule has 1 aliphatic heterocycles. The lowest BCUT2D eigenvalue weighted by Crippen LogP contribution is -2.26. The van der Waals surface area contributed by atoms with Crippen molar-refractivity contribution in [2.24, 2.45) is 0 Å². The Hall–Kier alpha value is -1.81. The Bertz CT molecular complexity index is 639. The lowest BCUT2D eigenvalue weighted by molar-refractivity contribution is -0.118. The molecule has 2 aromatic carbocycles. The number of ether oxygens (including phenoxy) is 1. The van der Waals surface area contributed by atoms with Crippen LogP contribution in [-0.4, -0.2) is 12.5 Å². The van der Waals surface area contributed by atoms with Crippen LogP contribution in [0.4, 0.5) is 5.69 Å². The predicted octanol–water partition coefficient (Wildman–Crippen LogP) is 4.09. The molecule has 1 atom stereocenters. The fourth-order valence-corrected chi connectivity index (χ4v) is 2.89. The van der Waals surface area contributed by atoms with Gasteiger partial charge in [0, 0.05) is 16.6 Å². The lowest BCUT2D eigenvalue weighted by Gasteiger charge is -2.25. The summed E-state index contributed by atoms with van der Waals surface area (Å²) in [5, 5.41) is 3.81. The van der Waals surface area contributed by atoms with Crippen molar-refractivity contribution in [2.45, 2.75) is 17.7 Å². The average molecular weight is 346 g/mol. The third-order valence-electron chi connectivity index (χ3n) is 3.65. The van der Waals surface area contributed by atoms with Crippen molar-refractivity contribution < 1.29 is 9.53 Å². The molecule has 1 unspecified atom stereocenters. The number of rotatable bonds is 3. The second-order valence-electron chi connectivity index (χ2n) is 5.05. The number of alkyl halides is 1. The van der Waals surface area contributed by atoms with Crippen LogP contribution in [-0.2, 0) is 10.1 Å². The SMILES string of the molecule is O=C(Nc1ccc(CBr)cc1)C1CCOc2ccccc21. The first-order chi connectivity index (χ1) is 10.3. The maximum absolute atomic E-state index is 12.5. The number of hydrogen-bond donors (Lipinski definition) is 1. The number of hydrogen-bond acceptors (Lipinski definition) is 2. The van der Waals surface area contributed by atoms with Crippen LogP contribution in [0.25, 0.3) is 0 Å². The van der Waals surface area contributed by atoms with Crippen molar-refractivity contribution in [3.05, 3.63) is 59.7 Å². The van der Waals surface area contributed by atoms with Crippen LogP contribution in [0.5, 0.6) is 5.75 Å². The molecule has 4 heteroatoms. The second-order valence-corrected chi connectivity index (χ2v) is 5.61. The number of carbonyl (C=O) groups is 1. The number of nitrogens with one attached hydrogen (secondary N) is 1. The summed E-state index contributed by atoms with van der Waals surface area (Å²) >= 11 is 3.41. The summed E-state index contributed by atoms with van der Waals surface area (Å²) in [6, 6.07) is 15.6. The van der Waals surface area contributed by atoms with Crippen LogP contribution in [0.3, 0.4) is 0 Å². The Morgan fingerprint density at radius 3 is 2.71 bits per heavy atom. The molecule has 1 N–H and O–H groups in total. The maximum Gasteiger partial charge on any atom is 0.232 e. The smallest absolute Gasteiger partial charge is 0.232 e. The first-order valence-electron chi connectivity index (χ1n) is 6.95. The zero-order valence-electron chi connectivity index (χ0n) is 11.5. The summed E-state index contributed by atoms with van der Waals surface area (Å²) in [7, 11) is 0. The summed E-state index contributed by atoms with van der Waals surface area (Å²) in [6.45, 7) is 0.581. The molecule has 0 fully saturated rings. The van der Waals surface area contributed by atoms with Gasteiger partial charge >= 0.3 is 0 Å². The van der Waals surface area contributed by atoms with Gasteiger partial charge in [0.1, 0.15) is 5.75 Å². The minimum atomic E-state index is -0.147. The highest BCUT2D eigenvalue weighted by molar-refractivity contribution is 9.08. The minimum absolute atomic E-state index is 0.0253. The molecule has 0 saturated heterocycles. The molecule has 3 nitrogen and oxygen atoms in total. The first-order valence-corrected chi connectivity index (χ1v) is 8.07. The van der Waals surface area contributed by atoms with Crippen LogP contribution in [0.15, 0.2) is 48.5 Å². The molecule has 108 valence electrons. The van der Waals surface area contributed by atoms with E-state index in [1.165, 1.54) is 5.56 Å². The molecule has 0 spiro atoms. The molecule has 1 amide bonds. The third kappa shape index (κ3) is 3.10. The molecular weight excluding hydrogens is 330 g/mol. The van der Waals surface area contributed by atoms with E-state index in [0.29, 0.717) is 13.0 Å². The van der Waals surface area contributed by atoms with E-state index in [0.717, 1.165) is 22.3 Å². The summed E-state index contributed by atoms with van der Waals surface area (Å²) in [4.78, 5) is 12.5. The zero-order chi connectivity index (χ0) is 14.7. The molecule has 3 rings (SSSR count). The van der Waals surface area contributed by atoms with E-state index < -0.39 is 0 Å². The summed E-state index contributed by atoms with van der Waals surface area (Å²) < 4.78 is 5.60. The van der Waals surface area contributed by atoms with Gasteiger partial charge in [-0.15, -0.1) is 0 Å². The second kappa shape index (κ2) is 6.31. The van der Waals surface area contributed by atoms with E-state index in [1.807, 2.05) is 48.5 Å². The number of benzene rings is 2. The van der Waals surface area contributed by atoms with Gasteiger partial charge in [-0.3, -0.25) is 4.79 Å². The predicted molar refractivity (Wildman–Crippen MR) is 87.0 cm³/mol. The van der Waals surface area contributed by atoms with Crippen molar-refractivity contribution in [3.8, 4) is 5.75 Å². The van der Waals surface area contributed by atoms with Gasteiger partial charge in [-0.2, -0.15) is 0 Å². The molecule has 0 radical (unpaired) electrons. The van der Waals surface area contributed by atoms with Crippen LogP contribution in [0, 0.1) is 0 Å². The van der Waals surface area contributed by atoms with E-state index in [4.69, 9.17) is 4.74 Å². The van der Waals surface area contributed by atoms with Crippen LogP contribution in [0.1, 0.15) is 23.5 Å². The Balaban J connectivity index is 1.76. The van der Waals surface area contributed by atoms with E-state index in [-0.39, 0.29) is 11.8 Å². The monoisotopic (exact) mass is 345 g/mol. The van der Waals surface area contributed by atoms with Crippen LogP contribution >= 0.6 is 15.9 Å². The van der Waals surface area contributed by atoms with Gasteiger partial charge in [-0.25, -0.2) is 0 Å². The number of carbonyl (C=O) groups excluding carboxylic acids is 1. The van der Waals surface area contributed by atoms with Gasteiger partial charge in [-0.1, -0.05) is 46.3 Å². The topological polar surface area (TPSA) is 38.3 Å². The summed E-state index contributed by atoms with van der Waals surface area (Å²) in [5.41, 5.74) is 2.98. The molecule has 0 bridgehead atoms. The van der Waals surface area contributed by atoms with Gasteiger partial charge in [0.2, 0.25) is 5.91 Å². The van der Waals surface area contributed by atoms with Gasteiger partial charge in [-0.05, 0) is 30.2 Å². The summed E-state index contributed by atoms with van der Waals surface area (Å²) in [5.74, 6) is 0.696. The van der Waals surface area contributed by atoms with Crippen LogP contribution < -0.4 is 10.1 Å². The fraction of sp³-hybridized carbons (Fsp3) is 0.235. The van der Waals surface area contributed by atoms with Gasteiger partial charge in [0.05, 0.1) is 12.5 Å². The molecule has 21 heavy (non-hydrogen) atoms. The lowest BCUT2D eigenvalue weighted by atomic mass is 9.92. The molecule has 0 saturated carbocycles. The Labute approximate surface area is 132 Å². The van der Waals surface area contributed by atoms with Crippen LogP contribution in [0.2, 0.25) is 0 Å².